The first-order chi connectivity index (χ1) is 6.70. The molecule has 1 N–H and O–H groups in total. The van der Waals surface area contributed by atoms with Gasteiger partial charge in [0.15, 0.2) is 17.4 Å². The molecule has 0 aliphatic rings. The minimum Gasteiger partial charge on any atom is -0.478 e. The van der Waals surface area contributed by atoms with Gasteiger partial charge in [-0.05, 0) is 22.9 Å². The Balaban J connectivity index is 0.00000112. The molecule has 0 atom stereocenters. The number of aromatic carboxylic acids is 1. The van der Waals surface area contributed by atoms with E-state index in [9.17, 15) is 4.79 Å². The summed E-state index contributed by atoms with van der Waals surface area (Å²) in [5.74, 6) is -0.895. The largest absolute Gasteiger partial charge is 0.478 e. The van der Waals surface area contributed by atoms with Crippen LogP contribution >= 0.6 is 15.9 Å². The molecule has 0 heterocycles. The molecule has 76 valence electrons. The van der Waals surface area contributed by atoms with E-state index in [1.54, 1.807) is 12.1 Å². The Morgan fingerprint density at radius 3 is 2.27 bits per heavy atom. The Morgan fingerprint density at radius 1 is 1.07 bits per heavy atom. The number of rotatable bonds is 1. The van der Waals surface area contributed by atoms with Gasteiger partial charge in [-0.15, -0.1) is 0 Å². The third kappa shape index (κ3) is 2.23. The summed E-state index contributed by atoms with van der Waals surface area (Å²) < 4.78 is 0.915. The molecule has 0 amide bonds. The van der Waals surface area contributed by atoms with Gasteiger partial charge >= 0.3 is 5.97 Å². The van der Waals surface area contributed by atoms with Crippen molar-refractivity contribution >= 4 is 50.0 Å². The zero-order chi connectivity index (χ0) is 10.1. The number of carboxylic acids is 1. The maximum absolute atomic E-state index is 10.9. The maximum atomic E-state index is 10.9. The van der Waals surface area contributed by atoms with E-state index >= 15 is 0 Å². The third-order valence-corrected chi connectivity index (χ3v) is 2.79. The van der Waals surface area contributed by atoms with E-state index in [1.807, 2.05) is 24.3 Å². The Bertz CT molecular complexity index is 511. The van der Waals surface area contributed by atoms with Crippen molar-refractivity contribution in [3.05, 3.63) is 46.4 Å². The first kappa shape index (κ1) is 12.3. The highest BCUT2D eigenvalue weighted by Gasteiger charge is 2.08. The highest BCUT2D eigenvalue weighted by atomic mass is 79.9. The SMILES string of the molecule is O=C(O)c1ccc(Br)c2ccccc12.[AlH3]. The normalized spacial score (nSPS) is 9.67. The van der Waals surface area contributed by atoms with Gasteiger partial charge in [0.2, 0.25) is 0 Å². The Labute approximate surface area is 106 Å². The molecule has 0 aromatic heterocycles. The van der Waals surface area contributed by atoms with Gasteiger partial charge in [0.05, 0.1) is 5.56 Å². The average molecular weight is 281 g/mol. The van der Waals surface area contributed by atoms with Crippen LogP contribution in [0.15, 0.2) is 40.9 Å². The van der Waals surface area contributed by atoms with E-state index < -0.39 is 5.97 Å². The summed E-state index contributed by atoms with van der Waals surface area (Å²) in [7, 11) is 0. The molecule has 2 aromatic carbocycles. The molecule has 0 spiro atoms. The van der Waals surface area contributed by atoms with Crippen molar-refractivity contribution in [3.8, 4) is 0 Å². The second kappa shape index (κ2) is 4.80. The lowest BCUT2D eigenvalue weighted by atomic mass is 10.1. The number of hydrogen-bond acceptors (Lipinski definition) is 1. The number of carbonyl (C=O) groups is 1. The Kier molecular flexibility index (Phi) is 3.92. The molecule has 2 nitrogen and oxygen atoms in total. The molecule has 4 heteroatoms. The quantitative estimate of drug-likeness (QED) is 0.813. The monoisotopic (exact) mass is 280 g/mol. The van der Waals surface area contributed by atoms with Crippen LogP contribution in [0.4, 0.5) is 0 Å². The lowest BCUT2D eigenvalue weighted by molar-refractivity contribution is 0.0699. The second-order valence-electron chi connectivity index (χ2n) is 2.95. The predicted octanol–water partition coefficient (Wildman–Crippen LogP) is 2.12. The molecule has 15 heavy (non-hydrogen) atoms. The van der Waals surface area contributed by atoms with Gasteiger partial charge in [-0.3, -0.25) is 0 Å². The average Bonchev–Trinajstić information content (AvgIpc) is 2.18. The van der Waals surface area contributed by atoms with Crippen molar-refractivity contribution in [2.75, 3.05) is 0 Å². The number of benzene rings is 2. The predicted molar refractivity (Wildman–Crippen MR) is 68.5 cm³/mol. The zero-order valence-electron chi connectivity index (χ0n) is 7.20. The van der Waals surface area contributed by atoms with Gasteiger partial charge in [-0.2, -0.15) is 0 Å². The van der Waals surface area contributed by atoms with Crippen LogP contribution in [0, 0.1) is 0 Å². The van der Waals surface area contributed by atoms with E-state index in [0.717, 1.165) is 15.2 Å². The molecule has 0 aliphatic carbocycles. The van der Waals surface area contributed by atoms with Crippen LogP contribution in [0.1, 0.15) is 10.4 Å². The lowest BCUT2D eigenvalue weighted by Crippen LogP contribution is -1.97. The molecule has 2 rings (SSSR count). The number of carboxylic acid groups (broad SMARTS) is 1. The van der Waals surface area contributed by atoms with Crippen LogP contribution < -0.4 is 0 Å². The van der Waals surface area contributed by atoms with Crippen LogP contribution in [-0.4, -0.2) is 28.4 Å². The summed E-state index contributed by atoms with van der Waals surface area (Å²) in [6, 6.07) is 10.8. The number of halogens is 1. The van der Waals surface area contributed by atoms with Crippen molar-refractivity contribution in [2.45, 2.75) is 0 Å². The van der Waals surface area contributed by atoms with Crippen LogP contribution in [-0.2, 0) is 0 Å². The van der Waals surface area contributed by atoms with Gasteiger partial charge in [-0.1, -0.05) is 40.2 Å². The summed E-state index contributed by atoms with van der Waals surface area (Å²) in [4.78, 5) is 10.9. The van der Waals surface area contributed by atoms with Crippen molar-refractivity contribution in [2.24, 2.45) is 0 Å². The molecular weight excluding hydrogens is 271 g/mol. The first-order valence-electron chi connectivity index (χ1n) is 4.10. The summed E-state index contributed by atoms with van der Waals surface area (Å²) in [5, 5.41) is 10.6. The topological polar surface area (TPSA) is 37.3 Å². The number of hydrogen-bond donors (Lipinski definition) is 1. The molecule has 0 bridgehead atoms. The van der Waals surface area contributed by atoms with Crippen molar-refractivity contribution in [3.63, 3.8) is 0 Å². The molecule has 0 saturated heterocycles. The molecule has 0 aliphatic heterocycles. The van der Waals surface area contributed by atoms with Crippen molar-refractivity contribution in [1.29, 1.82) is 0 Å². The van der Waals surface area contributed by atoms with E-state index in [1.165, 1.54) is 0 Å². The molecule has 0 unspecified atom stereocenters. The third-order valence-electron chi connectivity index (χ3n) is 2.10. The van der Waals surface area contributed by atoms with Crippen molar-refractivity contribution in [1.82, 2.24) is 0 Å². The summed E-state index contributed by atoms with van der Waals surface area (Å²) in [6.07, 6.45) is 0. The van der Waals surface area contributed by atoms with E-state index in [4.69, 9.17) is 5.11 Å². The molecular formula is C11H10AlBrO2. The summed E-state index contributed by atoms with van der Waals surface area (Å²) >= 11 is 3.39. The molecule has 2 aromatic rings. The van der Waals surface area contributed by atoms with E-state index in [0.29, 0.717) is 5.56 Å². The van der Waals surface area contributed by atoms with E-state index in [-0.39, 0.29) is 17.4 Å². The molecule has 0 fully saturated rings. The minimum absolute atomic E-state index is 0. The molecule has 0 saturated carbocycles. The Hall–Kier alpha value is -0.818. The van der Waals surface area contributed by atoms with Gasteiger partial charge in [0.1, 0.15) is 0 Å². The highest BCUT2D eigenvalue weighted by molar-refractivity contribution is 9.10. The standard InChI is InChI=1S/C11H7BrO2.Al.3H/c12-10-6-5-9(11(13)14)7-3-1-2-4-8(7)10;;;;/h1-6H,(H,13,14);;;;. The van der Waals surface area contributed by atoms with Gasteiger partial charge in [0, 0.05) is 4.47 Å². The van der Waals surface area contributed by atoms with Crippen LogP contribution in [0.25, 0.3) is 10.8 Å². The fourth-order valence-corrected chi connectivity index (χ4v) is 1.93. The molecule has 0 radical (unpaired) electrons. The smallest absolute Gasteiger partial charge is 0.336 e. The zero-order valence-corrected chi connectivity index (χ0v) is 8.78. The summed E-state index contributed by atoms with van der Waals surface area (Å²) in [6.45, 7) is 0. The van der Waals surface area contributed by atoms with Gasteiger partial charge in [0.25, 0.3) is 0 Å². The van der Waals surface area contributed by atoms with Gasteiger partial charge in [-0.25, -0.2) is 4.79 Å². The van der Waals surface area contributed by atoms with Crippen molar-refractivity contribution < 1.29 is 9.90 Å². The van der Waals surface area contributed by atoms with Gasteiger partial charge < -0.3 is 5.11 Å². The minimum atomic E-state index is -0.895. The maximum Gasteiger partial charge on any atom is 0.336 e. The van der Waals surface area contributed by atoms with Crippen LogP contribution in [0.3, 0.4) is 0 Å². The Morgan fingerprint density at radius 2 is 1.67 bits per heavy atom. The first-order valence-corrected chi connectivity index (χ1v) is 4.90. The fraction of sp³-hybridized carbons (Fsp3) is 0. The van der Waals surface area contributed by atoms with Crippen LogP contribution in [0.5, 0.6) is 0 Å². The second-order valence-corrected chi connectivity index (χ2v) is 3.80. The fourth-order valence-electron chi connectivity index (χ4n) is 1.45. The lowest BCUT2D eigenvalue weighted by Gasteiger charge is -2.03. The number of fused-ring (bicyclic) bond motifs is 1. The summed E-state index contributed by atoms with van der Waals surface area (Å²) in [5.41, 5.74) is 0.337. The van der Waals surface area contributed by atoms with Crippen LogP contribution in [0.2, 0.25) is 0 Å². The highest BCUT2D eigenvalue weighted by Crippen LogP contribution is 2.26. The van der Waals surface area contributed by atoms with E-state index in [2.05, 4.69) is 15.9 Å².